The summed E-state index contributed by atoms with van der Waals surface area (Å²) >= 11 is 0. The fourth-order valence-electron chi connectivity index (χ4n) is 2.17. The molecule has 0 fully saturated rings. The number of hydrogen-bond donors (Lipinski definition) is 0. The van der Waals surface area contributed by atoms with Crippen molar-refractivity contribution in [2.45, 2.75) is 26.1 Å². The van der Waals surface area contributed by atoms with E-state index in [0.29, 0.717) is 0 Å². The van der Waals surface area contributed by atoms with Crippen LogP contribution in [0, 0.1) is 0 Å². The van der Waals surface area contributed by atoms with Gasteiger partial charge in [0.25, 0.3) is 0 Å². The molecule has 0 aromatic heterocycles. The van der Waals surface area contributed by atoms with Gasteiger partial charge in [0.2, 0.25) is 0 Å². The molecule has 0 saturated heterocycles. The van der Waals surface area contributed by atoms with E-state index in [1.54, 1.807) is 5.70 Å². The van der Waals surface area contributed by atoms with Gasteiger partial charge in [-0.05, 0) is 6.08 Å². The Bertz CT molecular complexity index is 249. The quantitative estimate of drug-likeness (QED) is 0.553. The summed E-state index contributed by atoms with van der Waals surface area (Å²) < 4.78 is 1.09. The number of nitrogens with zero attached hydrogens (tertiary/aromatic N) is 1. The van der Waals surface area contributed by atoms with Gasteiger partial charge in [-0.1, -0.05) is 31.8 Å². The topological polar surface area (TPSA) is 0 Å². The van der Waals surface area contributed by atoms with Crippen molar-refractivity contribution in [3.05, 3.63) is 23.9 Å². The van der Waals surface area contributed by atoms with Gasteiger partial charge in [0, 0.05) is 32.6 Å². The maximum Gasteiger partial charge on any atom is 0.112 e. The molecule has 0 N–H and O–H groups in total. The zero-order valence-electron chi connectivity index (χ0n) is 10.1. The zero-order chi connectivity index (χ0) is 10.1. The Balaban J connectivity index is 0.00000169. The van der Waals surface area contributed by atoms with Gasteiger partial charge in [0.1, 0.15) is 13.8 Å². The van der Waals surface area contributed by atoms with Gasteiger partial charge >= 0.3 is 0 Å². The third kappa shape index (κ3) is 4.37. The summed E-state index contributed by atoms with van der Waals surface area (Å²) in [5.74, 6) is 0. The molecule has 0 aliphatic heterocycles. The van der Waals surface area contributed by atoms with Crippen molar-refractivity contribution in [1.29, 1.82) is 0 Å². The van der Waals surface area contributed by atoms with Crippen LogP contribution < -0.4 is 0 Å². The Labute approximate surface area is 109 Å². The minimum atomic E-state index is -0.957. The van der Waals surface area contributed by atoms with Gasteiger partial charge in [-0.2, -0.15) is 0 Å². The second-order valence-electron chi connectivity index (χ2n) is 5.69. The first-order chi connectivity index (χ1) is 5.81. The molecule has 0 aromatic carbocycles. The average molecular weight is 288 g/mol. The van der Waals surface area contributed by atoms with Crippen LogP contribution in [-0.4, -0.2) is 32.8 Å². The number of allylic oxidation sites excluding steroid dienone is 3. The molecule has 1 nitrogen and oxygen atoms in total. The molecule has 3 heteroatoms. The Morgan fingerprint density at radius 3 is 2.21 bits per heavy atom. The molecule has 0 radical (unpaired) electrons. The van der Waals surface area contributed by atoms with E-state index in [9.17, 15) is 0 Å². The van der Waals surface area contributed by atoms with Crippen LogP contribution in [0.25, 0.3) is 0 Å². The second kappa shape index (κ2) is 5.05. The maximum atomic E-state index is 2.44. The molecule has 14 heavy (non-hydrogen) atoms. The molecule has 0 amide bonds. The third-order valence-corrected chi connectivity index (χ3v) is 4.14. The van der Waals surface area contributed by atoms with Crippen molar-refractivity contribution in [2.75, 3.05) is 20.3 Å². The maximum absolute atomic E-state index is 2.44. The molecule has 0 saturated carbocycles. The number of rotatable bonds is 3. The SMILES string of the molecule is C[N+](C)(C[Si](C)(C)C)C1=CC=CC1.[Zr]. The normalized spacial score (nSPS) is 16.5. The molecule has 1 rings (SSSR count). The molecule has 0 bridgehead atoms. The predicted octanol–water partition coefficient (Wildman–Crippen LogP) is 2.78. The van der Waals surface area contributed by atoms with Crippen LogP contribution in [0.2, 0.25) is 19.6 Å². The Morgan fingerprint density at radius 2 is 1.86 bits per heavy atom. The summed E-state index contributed by atoms with van der Waals surface area (Å²) in [5.41, 5.74) is 1.56. The van der Waals surface area contributed by atoms with Crippen LogP contribution in [-0.2, 0) is 26.2 Å². The van der Waals surface area contributed by atoms with E-state index in [0.717, 1.165) is 10.9 Å². The summed E-state index contributed by atoms with van der Waals surface area (Å²) in [6.45, 7) is 7.32. The first-order valence-electron chi connectivity index (χ1n) is 5.00. The van der Waals surface area contributed by atoms with Crippen molar-refractivity contribution in [1.82, 2.24) is 0 Å². The van der Waals surface area contributed by atoms with Crippen LogP contribution in [0.3, 0.4) is 0 Å². The van der Waals surface area contributed by atoms with Crippen molar-refractivity contribution in [2.24, 2.45) is 0 Å². The van der Waals surface area contributed by atoms with Crippen LogP contribution in [0.1, 0.15) is 6.42 Å². The Morgan fingerprint density at radius 1 is 1.29 bits per heavy atom. The van der Waals surface area contributed by atoms with Gasteiger partial charge < -0.3 is 4.48 Å². The molecule has 0 aromatic rings. The van der Waals surface area contributed by atoms with Crippen LogP contribution >= 0.6 is 0 Å². The van der Waals surface area contributed by atoms with Crippen molar-refractivity contribution < 1.29 is 30.7 Å². The minimum absolute atomic E-state index is 0. The predicted molar refractivity (Wildman–Crippen MR) is 62.2 cm³/mol. The standard InChI is InChI=1S/C11H22NSi.Zr/c1-12(2,10-13(3,4)5)11-8-6-7-9-11;/h6-8H,9-10H2,1-5H3;/q+1;. The van der Waals surface area contributed by atoms with Crippen LogP contribution in [0.5, 0.6) is 0 Å². The summed E-state index contributed by atoms with van der Waals surface area (Å²) in [6, 6.07) is 0. The van der Waals surface area contributed by atoms with Gasteiger partial charge in [-0.15, -0.1) is 0 Å². The van der Waals surface area contributed by atoms with E-state index in [4.69, 9.17) is 0 Å². The van der Waals surface area contributed by atoms with Gasteiger partial charge in [0.05, 0.1) is 20.3 Å². The average Bonchev–Trinajstić information content (AvgIpc) is 2.29. The number of quaternary nitrogens is 1. The monoisotopic (exact) mass is 286 g/mol. The zero-order valence-corrected chi connectivity index (χ0v) is 13.6. The van der Waals surface area contributed by atoms with Crippen LogP contribution in [0.15, 0.2) is 23.9 Å². The first-order valence-corrected chi connectivity index (χ1v) is 8.71. The van der Waals surface area contributed by atoms with Crippen molar-refractivity contribution in [3.8, 4) is 0 Å². The van der Waals surface area contributed by atoms with E-state index < -0.39 is 8.07 Å². The van der Waals surface area contributed by atoms with Crippen LogP contribution in [0.4, 0.5) is 0 Å². The molecular formula is C11H22NSiZr+. The van der Waals surface area contributed by atoms with Crippen molar-refractivity contribution in [3.63, 3.8) is 0 Å². The summed E-state index contributed by atoms with van der Waals surface area (Å²) in [5, 5.41) is 0. The van der Waals surface area contributed by atoms with Gasteiger partial charge in [-0.3, -0.25) is 0 Å². The minimum Gasteiger partial charge on any atom is -0.303 e. The molecule has 1 aliphatic rings. The van der Waals surface area contributed by atoms with Gasteiger partial charge in [0.15, 0.2) is 0 Å². The van der Waals surface area contributed by atoms with E-state index >= 15 is 0 Å². The molecular weight excluding hydrogens is 265 g/mol. The van der Waals surface area contributed by atoms with E-state index in [-0.39, 0.29) is 26.2 Å². The fraction of sp³-hybridized carbons (Fsp3) is 0.636. The molecule has 1 aliphatic carbocycles. The van der Waals surface area contributed by atoms with E-state index in [2.05, 4.69) is 52.0 Å². The summed E-state index contributed by atoms with van der Waals surface area (Å²) in [7, 11) is 3.70. The Hall–Kier alpha value is 0.540. The Kier molecular flexibility index (Phi) is 5.24. The molecule has 0 heterocycles. The molecule has 0 unspecified atom stereocenters. The number of hydrogen-bond acceptors (Lipinski definition) is 0. The first kappa shape index (κ1) is 14.5. The molecule has 0 atom stereocenters. The summed E-state index contributed by atoms with van der Waals surface area (Å²) in [6.07, 6.45) is 9.19. The van der Waals surface area contributed by atoms with E-state index in [1.165, 1.54) is 6.17 Å². The van der Waals surface area contributed by atoms with Gasteiger partial charge in [-0.25, -0.2) is 0 Å². The summed E-state index contributed by atoms with van der Waals surface area (Å²) in [4.78, 5) is 0. The second-order valence-corrected chi connectivity index (χ2v) is 11.1. The third-order valence-electron chi connectivity index (χ3n) is 2.40. The largest absolute Gasteiger partial charge is 0.303 e. The van der Waals surface area contributed by atoms with Crippen molar-refractivity contribution >= 4 is 8.07 Å². The molecule has 78 valence electrons. The fourth-order valence-corrected chi connectivity index (χ4v) is 4.75. The molecule has 0 spiro atoms. The smallest absolute Gasteiger partial charge is 0.112 e. The van der Waals surface area contributed by atoms with E-state index in [1.807, 2.05) is 0 Å².